The third-order valence-electron chi connectivity index (χ3n) is 4.14. The molecule has 100 valence electrons. The third-order valence-corrected chi connectivity index (χ3v) is 4.14. The highest BCUT2D eigenvalue weighted by Gasteiger charge is 2.45. The Morgan fingerprint density at radius 3 is 2.79 bits per heavy atom. The van der Waals surface area contributed by atoms with Crippen LogP contribution in [0.25, 0.3) is 0 Å². The van der Waals surface area contributed by atoms with E-state index in [0.29, 0.717) is 12.2 Å². The molecule has 0 unspecified atom stereocenters. The SMILES string of the molecule is CC1(C)CC(=O)[C@H]2C(Cc3ccccc3)=NN[C@@H]2C1. The third kappa shape index (κ3) is 2.42. The van der Waals surface area contributed by atoms with Crippen molar-refractivity contribution < 1.29 is 4.79 Å². The number of carbonyl (C=O) groups excluding carboxylic acids is 1. The Kier molecular flexibility index (Phi) is 2.92. The van der Waals surface area contributed by atoms with E-state index < -0.39 is 0 Å². The summed E-state index contributed by atoms with van der Waals surface area (Å²) in [6.45, 7) is 4.33. The fourth-order valence-corrected chi connectivity index (χ4v) is 3.32. The van der Waals surface area contributed by atoms with Gasteiger partial charge in [-0.25, -0.2) is 0 Å². The molecule has 0 radical (unpaired) electrons. The zero-order valence-corrected chi connectivity index (χ0v) is 11.5. The summed E-state index contributed by atoms with van der Waals surface area (Å²) >= 11 is 0. The van der Waals surface area contributed by atoms with E-state index in [2.05, 4.69) is 36.5 Å². The Morgan fingerprint density at radius 1 is 1.32 bits per heavy atom. The Labute approximate surface area is 114 Å². The Hall–Kier alpha value is -1.64. The summed E-state index contributed by atoms with van der Waals surface area (Å²) in [5.41, 5.74) is 5.52. The smallest absolute Gasteiger partial charge is 0.144 e. The van der Waals surface area contributed by atoms with Crippen LogP contribution in [0.5, 0.6) is 0 Å². The summed E-state index contributed by atoms with van der Waals surface area (Å²) in [6, 6.07) is 10.5. The van der Waals surface area contributed by atoms with Crippen molar-refractivity contribution >= 4 is 11.5 Å². The number of rotatable bonds is 2. The number of nitrogens with one attached hydrogen (secondary N) is 1. The monoisotopic (exact) mass is 256 g/mol. The Balaban J connectivity index is 1.77. The minimum atomic E-state index is -0.00627. The average Bonchev–Trinajstić information content (AvgIpc) is 2.72. The molecule has 3 heteroatoms. The molecule has 2 atom stereocenters. The van der Waals surface area contributed by atoms with Crippen LogP contribution >= 0.6 is 0 Å². The lowest BCUT2D eigenvalue weighted by molar-refractivity contribution is -0.126. The van der Waals surface area contributed by atoms with Gasteiger partial charge in [-0.2, -0.15) is 5.10 Å². The molecule has 2 aliphatic rings. The van der Waals surface area contributed by atoms with Crippen molar-refractivity contribution in [3.05, 3.63) is 35.9 Å². The quantitative estimate of drug-likeness (QED) is 0.883. The van der Waals surface area contributed by atoms with Gasteiger partial charge in [0.2, 0.25) is 0 Å². The van der Waals surface area contributed by atoms with Crippen LogP contribution in [0.4, 0.5) is 0 Å². The molecule has 0 spiro atoms. The summed E-state index contributed by atoms with van der Waals surface area (Å²) in [7, 11) is 0. The molecule has 1 N–H and O–H groups in total. The molecule has 0 amide bonds. The van der Waals surface area contributed by atoms with Crippen molar-refractivity contribution in [1.82, 2.24) is 5.43 Å². The summed E-state index contributed by atoms with van der Waals surface area (Å²) in [5, 5.41) is 4.44. The number of fused-ring (bicyclic) bond motifs is 1. The number of hydrazone groups is 1. The van der Waals surface area contributed by atoms with Crippen molar-refractivity contribution in [2.75, 3.05) is 0 Å². The summed E-state index contributed by atoms with van der Waals surface area (Å²) in [5.74, 6) is 0.342. The number of carbonyl (C=O) groups is 1. The Morgan fingerprint density at radius 2 is 2.05 bits per heavy atom. The molecule has 1 heterocycles. The highest BCUT2D eigenvalue weighted by atomic mass is 16.1. The van der Waals surface area contributed by atoms with Gasteiger partial charge in [0.25, 0.3) is 0 Å². The first kappa shape index (κ1) is 12.4. The van der Waals surface area contributed by atoms with E-state index in [4.69, 9.17) is 0 Å². The van der Waals surface area contributed by atoms with E-state index in [1.54, 1.807) is 0 Å². The van der Waals surface area contributed by atoms with Crippen molar-refractivity contribution in [2.24, 2.45) is 16.4 Å². The van der Waals surface area contributed by atoms with E-state index in [1.165, 1.54) is 5.56 Å². The zero-order valence-electron chi connectivity index (χ0n) is 11.5. The minimum Gasteiger partial charge on any atom is -0.306 e. The Bertz CT molecular complexity index is 519. The van der Waals surface area contributed by atoms with Gasteiger partial charge in [0.1, 0.15) is 5.78 Å². The molecular weight excluding hydrogens is 236 g/mol. The fourth-order valence-electron chi connectivity index (χ4n) is 3.32. The first-order valence-corrected chi connectivity index (χ1v) is 6.94. The summed E-state index contributed by atoms with van der Waals surface area (Å²) < 4.78 is 0. The van der Waals surface area contributed by atoms with Gasteiger partial charge >= 0.3 is 0 Å². The average molecular weight is 256 g/mol. The maximum absolute atomic E-state index is 12.4. The molecular formula is C16H20N2O. The summed E-state index contributed by atoms with van der Waals surface area (Å²) in [6.07, 6.45) is 2.47. The minimum absolute atomic E-state index is 0.00627. The molecule has 1 aliphatic carbocycles. The van der Waals surface area contributed by atoms with Crippen LogP contribution in [0, 0.1) is 11.3 Å². The van der Waals surface area contributed by atoms with Crippen LogP contribution in [-0.2, 0) is 11.2 Å². The number of hydrogen-bond donors (Lipinski definition) is 1. The van der Waals surface area contributed by atoms with Crippen LogP contribution in [0.2, 0.25) is 0 Å². The lowest BCUT2D eigenvalue weighted by atomic mass is 9.68. The van der Waals surface area contributed by atoms with E-state index >= 15 is 0 Å². The van der Waals surface area contributed by atoms with Gasteiger partial charge in [0, 0.05) is 12.8 Å². The van der Waals surface area contributed by atoms with Gasteiger partial charge < -0.3 is 5.43 Å². The van der Waals surface area contributed by atoms with Gasteiger partial charge in [0.15, 0.2) is 0 Å². The number of Topliss-reactive ketones (excluding diaryl/α,β-unsaturated/α-hetero) is 1. The second-order valence-corrected chi connectivity index (χ2v) is 6.49. The molecule has 1 saturated carbocycles. The number of ketones is 1. The molecule has 0 saturated heterocycles. The number of nitrogens with zero attached hydrogens (tertiary/aromatic N) is 1. The highest BCUT2D eigenvalue weighted by Crippen LogP contribution is 2.38. The van der Waals surface area contributed by atoms with Crippen LogP contribution < -0.4 is 5.43 Å². The van der Waals surface area contributed by atoms with E-state index in [9.17, 15) is 4.79 Å². The lowest BCUT2D eigenvalue weighted by Crippen LogP contribution is -2.45. The van der Waals surface area contributed by atoms with Crippen molar-refractivity contribution in [1.29, 1.82) is 0 Å². The number of hydrogen-bond acceptors (Lipinski definition) is 3. The second-order valence-electron chi connectivity index (χ2n) is 6.49. The fraction of sp³-hybridized carbons (Fsp3) is 0.500. The maximum Gasteiger partial charge on any atom is 0.144 e. The van der Waals surface area contributed by atoms with Crippen LogP contribution in [0.15, 0.2) is 35.4 Å². The first-order valence-electron chi connectivity index (χ1n) is 6.94. The molecule has 0 bridgehead atoms. The van der Waals surface area contributed by atoms with E-state index in [0.717, 1.165) is 18.6 Å². The van der Waals surface area contributed by atoms with Crippen LogP contribution in [-0.4, -0.2) is 17.5 Å². The van der Waals surface area contributed by atoms with Crippen molar-refractivity contribution in [3.63, 3.8) is 0 Å². The zero-order chi connectivity index (χ0) is 13.5. The molecule has 1 aliphatic heterocycles. The van der Waals surface area contributed by atoms with Crippen molar-refractivity contribution in [2.45, 2.75) is 39.2 Å². The molecule has 1 aromatic rings. The first-order chi connectivity index (χ1) is 9.05. The highest BCUT2D eigenvalue weighted by molar-refractivity contribution is 6.08. The molecule has 3 rings (SSSR count). The molecule has 0 aromatic heterocycles. The van der Waals surface area contributed by atoms with E-state index in [-0.39, 0.29) is 17.4 Å². The van der Waals surface area contributed by atoms with Gasteiger partial charge in [-0.05, 0) is 17.4 Å². The standard InChI is InChI=1S/C16H20N2O/c1-16(2)9-13-15(14(19)10-16)12(17-18-13)8-11-6-4-3-5-7-11/h3-7,13,15,18H,8-10H2,1-2H3/t13-,15+/m1/s1. The molecule has 1 fully saturated rings. The predicted octanol–water partition coefficient (Wildman–Crippen LogP) is 2.56. The predicted molar refractivity (Wildman–Crippen MR) is 76.0 cm³/mol. The topological polar surface area (TPSA) is 41.5 Å². The lowest BCUT2D eigenvalue weighted by Gasteiger charge is -2.36. The van der Waals surface area contributed by atoms with Gasteiger partial charge in [-0.15, -0.1) is 0 Å². The van der Waals surface area contributed by atoms with E-state index in [1.807, 2.05) is 18.2 Å². The molecule has 19 heavy (non-hydrogen) atoms. The summed E-state index contributed by atoms with van der Waals surface area (Å²) in [4.78, 5) is 12.4. The van der Waals surface area contributed by atoms with Gasteiger partial charge in [-0.1, -0.05) is 44.2 Å². The number of benzene rings is 1. The normalized spacial score (nSPS) is 28.5. The van der Waals surface area contributed by atoms with Crippen LogP contribution in [0.1, 0.15) is 32.3 Å². The molecule has 1 aromatic carbocycles. The van der Waals surface area contributed by atoms with Crippen LogP contribution in [0.3, 0.4) is 0 Å². The molecule has 3 nitrogen and oxygen atoms in total. The largest absolute Gasteiger partial charge is 0.306 e. The van der Waals surface area contributed by atoms with Gasteiger partial charge in [0.05, 0.1) is 17.7 Å². The second kappa shape index (κ2) is 4.48. The van der Waals surface area contributed by atoms with Crippen molar-refractivity contribution in [3.8, 4) is 0 Å². The van der Waals surface area contributed by atoms with Gasteiger partial charge in [-0.3, -0.25) is 4.79 Å². The maximum atomic E-state index is 12.4.